The van der Waals surface area contributed by atoms with Gasteiger partial charge in [0.15, 0.2) is 24.7 Å². The molecule has 0 aliphatic heterocycles. The maximum Gasteiger partial charge on any atom is 0.344 e. The molecule has 0 saturated heterocycles. The molecular weight excluding hydrogens is 382 g/mol. The van der Waals surface area contributed by atoms with Crippen LogP contribution in [0.25, 0.3) is 0 Å². The Balaban J connectivity index is 1.85. The average Bonchev–Trinajstić information content (AvgIpc) is 2.58. The van der Waals surface area contributed by atoms with E-state index in [4.69, 9.17) is 9.47 Å². The Kier molecular flexibility index (Phi) is 6.02. The summed E-state index contributed by atoms with van der Waals surface area (Å²) in [5.41, 5.74) is 0.154. The van der Waals surface area contributed by atoms with Crippen LogP contribution < -0.4 is 4.74 Å². The molecule has 24 heavy (non-hydrogen) atoms. The maximum absolute atomic E-state index is 11.9. The molecule has 124 valence electrons. The molecule has 2 aromatic carbocycles. The SMILES string of the molecule is O=C(COc1ccccc1[N+](=O)[O-])OCC(=O)c1ccc(Br)cc1. The highest BCUT2D eigenvalue weighted by Gasteiger charge is 2.16. The van der Waals surface area contributed by atoms with Gasteiger partial charge in [-0.3, -0.25) is 14.9 Å². The quantitative estimate of drug-likeness (QED) is 0.310. The third kappa shape index (κ3) is 4.88. The molecule has 2 aromatic rings. The number of esters is 1. The highest BCUT2D eigenvalue weighted by molar-refractivity contribution is 9.10. The van der Waals surface area contributed by atoms with E-state index in [0.29, 0.717) is 5.56 Å². The first-order valence-corrected chi connectivity index (χ1v) is 7.57. The summed E-state index contributed by atoms with van der Waals surface area (Å²) in [6.07, 6.45) is 0. The zero-order valence-corrected chi connectivity index (χ0v) is 13.9. The summed E-state index contributed by atoms with van der Waals surface area (Å²) in [7, 11) is 0. The largest absolute Gasteiger partial charge is 0.475 e. The van der Waals surface area contributed by atoms with E-state index in [0.717, 1.165) is 4.47 Å². The van der Waals surface area contributed by atoms with Crippen LogP contribution in [0.5, 0.6) is 5.75 Å². The number of nitro benzene ring substituents is 1. The van der Waals surface area contributed by atoms with E-state index in [1.165, 1.54) is 18.2 Å². The van der Waals surface area contributed by atoms with Crippen molar-refractivity contribution in [2.45, 2.75) is 0 Å². The van der Waals surface area contributed by atoms with Crippen molar-refractivity contribution in [3.05, 3.63) is 68.7 Å². The van der Waals surface area contributed by atoms with Gasteiger partial charge in [0, 0.05) is 16.1 Å². The number of benzene rings is 2. The minimum Gasteiger partial charge on any atom is -0.475 e. The Hall–Kier alpha value is -2.74. The van der Waals surface area contributed by atoms with Crippen LogP contribution in [0.4, 0.5) is 5.69 Å². The fraction of sp³-hybridized carbons (Fsp3) is 0.125. The van der Waals surface area contributed by atoms with E-state index < -0.39 is 24.1 Å². The van der Waals surface area contributed by atoms with Gasteiger partial charge in [-0.2, -0.15) is 0 Å². The number of nitrogens with zero attached hydrogens (tertiary/aromatic N) is 1. The Morgan fingerprint density at radius 1 is 1.04 bits per heavy atom. The first-order chi connectivity index (χ1) is 11.5. The van der Waals surface area contributed by atoms with Crippen molar-refractivity contribution in [3.8, 4) is 5.75 Å². The van der Waals surface area contributed by atoms with E-state index in [2.05, 4.69) is 15.9 Å². The minimum atomic E-state index is -0.793. The van der Waals surface area contributed by atoms with Crippen LogP contribution in [0.2, 0.25) is 0 Å². The minimum absolute atomic E-state index is 0.0429. The maximum atomic E-state index is 11.9. The van der Waals surface area contributed by atoms with E-state index in [1.807, 2.05) is 0 Å². The Morgan fingerprint density at radius 2 is 1.71 bits per heavy atom. The van der Waals surface area contributed by atoms with Gasteiger partial charge >= 0.3 is 11.7 Å². The summed E-state index contributed by atoms with van der Waals surface area (Å²) in [4.78, 5) is 33.7. The van der Waals surface area contributed by atoms with Crippen LogP contribution in [0.1, 0.15) is 10.4 Å². The zero-order chi connectivity index (χ0) is 17.5. The van der Waals surface area contributed by atoms with Gasteiger partial charge in [0.05, 0.1) is 4.92 Å². The Labute approximate surface area is 145 Å². The average molecular weight is 394 g/mol. The predicted molar refractivity (Wildman–Crippen MR) is 88.0 cm³/mol. The van der Waals surface area contributed by atoms with E-state index in [-0.39, 0.29) is 17.2 Å². The van der Waals surface area contributed by atoms with Crippen molar-refractivity contribution in [1.82, 2.24) is 0 Å². The summed E-state index contributed by atoms with van der Waals surface area (Å²) in [6.45, 7) is -0.959. The summed E-state index contributed by atoms with van der Waals surface area (Å²) in [5.74, 6) is -1.20. The van der Waals surface area contributed by atoms with Crippen molar-refractivity contribution >= 4 is 33.4 Å². The molecule has 7 nitrogen and oxygen atoms in total. The summed E-state index contributed by atoms with van der Waals surface area (Å²) in [6, 6.07) is 12.3. The van der Waals surface area contributed by atoms with Crippen LogP contribution in [0.3, 0.4) is 0 Å². The van der Waals surface area contributed by atoms with Gasteiger partial charge in [-0.25, -0.2) is 4.79 Å². The number of hydrogen-bond acceptors (Lipinski definition) is 6. The molecule has 0 spiro atoms. The van der Waals surface area contributed by atoms with E-state index in [1.54, 1.807) is 30.3 Å². The van der Waals surface area contributed by atoms with Gasteiger partial charge in [-0.15, -0.1) is 0 Å². The fourth-order valence-electron chi connectivity index (χ4n) is 1.77. The predicted octanol–water partition coefficient (Wildman–Crippen LogP) is 3.16. The summed E-state index contributed by atoms with van der Waals surface area (Å²) < 4.78 is 10.7. The number of para-hydroxylation sites is 2. The normalized spacial score (nSPS) is 10.0. The third-order valence-corrected chi connectivity index (χ3v) is 3.47. The number of halogens is 1. The van der Waals surface area contributed by atoms with E-state index >= 15 is 0 Å². The second-order valence-corrected chi connectivity index (χ2v) is 5.52. The number of Topliss-reactive ketones (excluding diaryl/α,β-unsaturated/α-hetero) is 1. The number of nitro groups is 1. The smallest absolute Gasteiger partial charge is 0.344 e. The lowest BCUT2D eigenvalue weighted by Gasteiger charge is -2.07. The van der Waals surface area contributed by atoms with Gasteiger partial charge < -0.3 is 9.47 Å². The Morgan fingerprint density at radius 3 is 2.38 bits per heavy atom. The van der Waals surface area contributed by atoms with Crippen LogP contribution in [0, 0.1) is 10.1 Å². The Bertz CT molecular complexity index is 759. The molecule has 8 heteroatoms. The highest BCUT2D eigenvalue weighted by atomic mass is 79.9. The topological polar surface area (TPSA) is 95.7 Å². The third-order valence-electron chi connectivity index (χ3n) is 2.94. The molecule has 0 heterocycles. The second kappa shape index (κ2) is 8.21. The summed E-state index contributed by atoms with van der Waals surface area (Å²) in [5, 5.41) is 10.8. The van der Waals surface area contributed by atoms with Crippen molar-refractivity contribution in [3.63, 3.8) is 0 Å². The lowest BCUT2D eigenvalue weighted by atomic mass is 10.1. The first kappa shape index (κ1) is 17.6. The molecule has 0 amide bonds. The molecule has 0 aliphatic carbocycles. The zero-order valence-electron chi connectivity index (χ0n) is 12.3. The van der Waals surface area contributed by atoms with Crippen molar-refractivity contribution in [2.75, 3.05) is 13.2 Å². The number of ether oxygens (including phenoxy) is 2. The molecule has 0 N–H and O–H groups in total. The molecule has 0 aromatic heterocycles. The monoisotopic (exact) mass is 393 g/mol. The number of rotatable bonds is 7. The summed E-state index contributed by atoms with van der Waals surface area (Å²) >= 11 is 3.25. The molecule has 0 atom stereocenters. The molecule has 0 fully saturated rings. The van der Waals surface area contributed by atoms with Gasteiger partial charge in [-0.1, -0.05) is 40.2 Å². The number of ketones is 1. The lowest BCUT2D eigenvalue weighted by molar-refractivity contribution is -0.385. The van der Waals surface area contributed by atoms with Crippen LogP contribution in [0.15, 0.2) is 53.0 Å². The second-order valence-electron chi connectivity index (χ2n) is 4.60. The molecule has 0 unspecified atom stereocenters. The molecule has 0 radical (unpaired) electrons. The molecular formula is C16H12BrNO6. The van der Waals surface area contributed by atoms with Crippen molar-refractivity contribution < 1.29 is 24.0 Å². The number of carbonyl (C=O) groups is 2. The number of hydrogen-bond donors (Lipinski definition) is 0. The number of carbonyl (C=O) groups excluding carboxylic acids is 2. The standard InChI is InChI=1S/C16H12BrNO6/c17-12-7-5-11(6-8-12)14(19)9-24-16(20)10-23-15-4-2-1-3-13(15)18(21)22/h1-8H,9-10H2. The van der Waals surface area contributed by atoms with Gasteiger partial charge in [-0.05, 0) is 18.2 Å². The molecule has 2 rings (SSSR count). The van der Waals surface area contributed by atoms with Crippen LogP contribution >= 0.6 is 15.9 Å². The molecule has 0 aliphatic rings. The first-order valence-electron chi connectivity index (χ1n) is 6.78. The van der Waals surface area contributed by atoms with Crippen molar-refractivity contribution in [2.24, 2.45) is 0 Å². The van der Waals surface area contributed by atoms with E-state index in [9.17, 15) is 19.7 Å². The van der Waals surface area contributed by atoms with Crippen LogP contribution in [-0.2, 0) is 9.53 Å². The molecule has 0 saturated carbocycles. The van der Waals surface area contributed by atoms with Gasteiger partial charge in [0.2, 0.25) is 0 Å². The van der Waals surface area contributed by atoms with Gasteiger partial charge in [0.25, 0.3) is 0 Å². The molecule has 0 bridgehead atoms. The van der Waals surface area contributed by atoms with Gasteiger partial charge in [0.1, 0.15) is 0 Å². The lowest BCUT2D eigenvalue weighted by Crippen LogP contribution is -2.19. The van der Waals surface area contributed by atoms with Crippen LogP contribution in [-0.4, -0.2) is 29.9 Å². The fourth-order valence-corrected chi connectivity index (χ4v) is 2.04. The van der Waals surface area contributed by atoms with Crippen molar-refractivity contribution in [1.29, 1.82) is 0 Å². The highest BCUT2D eigenvalue weighted by Crippen LogP contribution is 2.25.